The number of amides is 2. The highest BCUT2D eigenvalue weighted by Crippen LogP contribution is 2.40. The van der Waals surface area contributed by atoms with Gasteiger partial charge in [0.15, 0.2) is 0 Å². The van der Waals surface area contributed by atoms with Crippen molar-refractivity contribution in [2.24, 2.45) is 0 Å². The molecule has 1 aliphatic rings. The van der Waals surface area contributed by atoms with Gasteiger partial charge in [0.2, 0.25) is 11.0 Å². The minimum absolute atomic E-state index is 0.0644. The molecule has 3 N–H and O–H groups in total. The molecule has 1 unspecified atom stereocenters. The lowest BCUT2D eigenvalue weighted by molar-refractivity contribution is -0.114. The molecule has 3 aromatic rings. The van der Waals surface area contributed by atoms with Gasteiger partial charge in [-0.3, -0.25) is 14.9 Å². The van der Waals surface area contributed by atoms with Crippen molar-refractivity contribution in [3.05, 3.63) is 93.1 Å². The summed E-state index contributed by atoms with van der Waals surface area (Å²) in [4.78, 5) is 26.0. The Morgan fingerprint density at radius 3 is 2.42 bits per heavy atom. The maximum Gasteiger partial charge on any atom is 0.254 e. The molecular weight excluding hydrogens is 492 g/mol. The smallest absolute Gasteiger partial charge is 0.254 e. The van der Waals surface area contributed by atoms with Crippen LogP contribution in [0.15, 0.2) is 82.5 Å². The number of aromatic nitrogens is 2. The number of allylic oxidation sites excluding steroid dienone is 2. The zero-order chi connectivity index (χ0) is 25.5. The van der Waals surface area contributed by atoms with E-state index in [4.69, 9.17) is 0 Å². The van der Waals surface area contributed by atoms with Crippen molar-refractivity contribution in [3.8, 4) is 6.07 Å². The van der Waals surface area contributed by atoms with Crippen LogP contribution < -0.4 is 16.0 Å². The number of anilines is 2. The number of para-hydroxylation sites is 1. The summed E-state index contributed by atoms with van der Waals surface area (Å²) < 4.78 is 0. The fraction of sp³-hybridized carbons (Fsp3) is 0.192. The number of thioether (sulfide) groups is 1. The molecular formula is C26H24N6O2S2. The van der Waals surface area contributed by atoms with Gasteiger partial charge >= 0.3 is 0 Å². The standard InChI is InChI=1S/C26H24N6O2S2/c1-3-21-31-32-26(36-21)30-20(33)15-35-25-19(14-27)23(17-10-6-4-7-11-17)22(16(2)28-25)24(34)29-18-12-8-5-9-13-18/h4-13,23,28H,3,15H2,1-2H3,(H,29,34)(H,30,32,33). The molecule has 10 heteroatoms. The second kappa shape index (κ2) is 11.7. The fourth-order valence-corrected chi connectivity index (χ4v) is 5.35. The molecule has 2 heterocycles. The van der Waals surface area contributed by atoms with Crippen molar-refractivity contribution >= 4 is 45.7 Å². The van der Waals surface area contributed by atoms with Crippen molar-refractivity contribution in [2.75, 3.05) is 16.4 Å². The molecule has 0 radical (unpaired) electrons. The topological polar surface area (TPSA) is 120 Å². The fourth-order valence-electron chi connectivity index (χ4n) is 3.77. The van der Waals surface area contributed by atoms with E-state index >= 15 is 0 Å². The summed E-state index contributed by atoms with van der Waals surface area (Å²) in [5.41, 5.74) is 2.94. The predicted octanol–water partition coefficient (Wildman–Crippen LogP) is 4.81. The summed E-state index contributed by atoms with van der Waals surface area (Å²) in [6, 6.07) is 20.9. The molecule has 2 amide bonds. The van der Waals surface area contributed by atoms with Gasteiger partial charge in [0.05, 0.1) is 28.3 Å². The molecule has 0 saturated carbocycles. The first-order valence-corrected chi connectivity index (χ1v) is 13.1. The molecule has 8 nitrogen and oxygen atoms in total. The number of aryl methyl sites for hydroxylation is 1. The first kappa shape index (κ1) is 25.2. The van der Waals surface area contributed by atoms with E-state index in [9.17, 15) is 14.9 Å². The normalized spacial score (nSPS) is 15.2. The summed E-state index contributed by atoms with van der Waals surface area (Å²) >= 11 is 2.55. The monoisotopic (exact) mass is 516 g/mol. The van der Waals surface area contributed by atoms with Gasteiger partial charge < -0.3 is 10.6 Å². The average molecular weight is 517 g/mol. The molecule has 0 aliphatic carbocycles. The maximum atomic E-state index is 13.4. The number of dihydropyridines is 1. The van der Waals surface area contributed by atoms with Gasteiger partial charge in [-0.15, -0.1) is 10.2 Å². The number of nitrogens with one attached hydrogen (secondary N) is 3. The van der Waals surface area contributed by atoms with Crippen LogP contribution in [-0.4, -0.2) is 27.8 Å². The minimum atomic E-state index is -0.581. The van der Waals surface area contributed by atoms with E-state index in [-0.39, 0.29) is 17.6 Å². The highest BCUT2D eigenvalue weighted by Gasteiger charge is 2.34. The summed E-state index contributed by atoms with van der Waals surface area (Å²) in [5.74, 6) is -1.06. The molecule has 1 aromatic heterocycles. The van der Waals surface area contributed by atoms with E-state index in [2.05, 4.69) is 32.2 Å². The van der Waals surface area contributed by atoms with E-state index in [1.54, 1.807) is 6.92 Å². The van der Waals surface area contributed by atoms with E-state index in [0.29, 0.717) is 32.7 Å². The zero-order valence-electron chi connectivity index (χ0n) is 19.7. The molecule has 0 saturated heterocycles. The van der Waals surface area contributed by atoms with Crippen molar-refractivity contribution in [1.29, 1.82) is 5.26 Å². The minimum Gasteiger partial charge on any atom is -0.353 e. The molecule has 1 atom stereocenters. The number of hydrogen-bond acceptors (Lipinski definition) is 8. The zero-order valence-corrected chi connectivity index (χ0v) is 21.4. The summed E-state index contributed by atoms with van der Waals surface area (Å²) in [5, 5.41) is 28.9. The van der Waals surface area contributed by atoms with Crippen LogP contribution in [0.2, 0.25) is 0 Å². The average Bonchev–Trinajstić information content (AvgIpc) is 3.35. The van der Waals surface area contributed by atoms with E-state index in [1.807, 2.05) is 67.6 Å². The van der Waals surface area contributed by atoms with E-state index in [1.165, 1.54) is 23.1 Å². The van der Waals surface area contributed by atoms with Crippen LogP contribution in [0.1, 0.15) is 30.3 Å². The second-order valence-corrected chi connectivity index (χ2v) is 9.92. The third kappa shape index (κ3) is 5.82. The number of carbonyl (C=O) groups excluding carboxylic acids is 2. The summed E-state index contributed by atoms with van der Waals surface area (Å²) in [7, 11) is 0. The third-order valence-electron chi connectivity index (χ3n) is 5.42. The highest BCUT2D eigenvalue weighted by molar-refractivity contribution is 8.03. The molecule has 0 fully saturated rings. The second-order valence-electron chi connectivity index (χ2n) is 7.87. The number of hydrogen-bond donors (Lipinski definition) is 3. The number of nitrogens with zero attached hydrogens (tertiary/aromatic N) is 3. The Labute approximate surface area is 217 Å². The number of benzene rings is 2. The van der Waals surface area contributed by atoms with Gasteiger partial charge in [0.1, 0.15) is 5.01 Å². The first-order chi connectivity index (χ1) is 17.5. The van der Waals surface area contributed by atoms with E-state index < -0.39 is 5.92 Å². The largest absolute Gasteiger partial charge is 0.353 e. The summed E-state index contributed by atoms with van der Waals surface area (Å²) in [6.07, 6.45) is 0.747. The Morgan fingerprint density at radius 1 is 1.08 bits per heavy atom. The Morgan fingerprint density at radius 2 is 1.78 bits per heavy atom. The van der Waals surface area contributed by atoms with Crippen molar-refractivity contribution in [2.45, 2.75) is 26.2 Å². The number of nitriles is 1. The Kier molecular flexibility index (Phi) is 8.15. The van der Waals surface area contributed by atoms with Gasteiger partial charge in [-0.2, -0.15) is 5.26 Å². The Balaban J connectivity index is 1.59. The van der Waals surface area contributed by atoms with Crippen molar-refractivity contribution < 1.29 is 9.59 Å². The predicted molar refractivity (Wildman–Crippen MR) is 143 cm³/mol. The van der Waals surface area contributed by atoms with Crippen LogP contribution in [0.3, 0.4) is 0 Å². The van der Waals surface area contributed by atoms with Gasteiger partial charge in [0, 0.05) is 17.0 Å². The van der Waals surface area contributed by atoms with Crippen LogP contribution >= 0.6 is 23.1 Å². The van der Waals surface area contributed by atoms with Crippen LogP contribution in [0.4, 0.5) is 10.8 Å². The van der Waals surface area contributed by atoms with Gasteiger partial charge in [-0.05, 0) is 31.0 Å². The SMILES string of the molecule is CCc1nnc(NC(=O)CSC2=C(C#N)C(c3ccccc3)C(C(=O)Nc3ccccc3)=C(C)N2)s1. The molecule has 182 valence electrons. The quantitative estimate of drug-likeness (QED) is 0.393. The molecule has 4 rings (SSSR count). The molecule has 1 aliphatic heterocycles. The Bertz CT molecular complexity index is 1360. The van der Waals surface area contributed by atoms with Crippen molar-refractivity contribution in [3.63, 3.8) is 0 Å². The lowest BCUT2D eigenvalue weighted by Gasteiger charge is -2.29. The lowest BCUT2D eigenvalue weighted by atomic mass is 9.82. The van der Waals surface area contributed by atoms with Crippen LogP contribution in [0.5, 0.6) is 0 Å². The molecule has 0 bridgehead atoms. The van der Waals surface area contributed by atoms with Gasteiger partial charge in [-0.1, -0.05) is 78.6 Å². The third-order valence-corrected chi connectivity index (χ3v) is 7.42. The van der Waals surface area contributed by atoms with Gasteiger partial charge in [-0.25, -0.2) is 0 Å². The first-order valence-electron chi connectivity index (χ1n) is 11.3. The maximum absolute atomic E-state index is 13.4. The number of carbonyl (C=O) groups is 2. The van der Waals surface area contributed by atoms with Crippen LogP contribution in [0, 0.1) is 11.3 Å². The van der Waals surface area contributed by atoms with Crippen LogP contribution in [-0.2, 0) is 16.0 Å². The molecule has 36 heavy (non-hydrogen) atoms. The van der Waals surface area contributed by atoms with E-state index in [0.717, 1.165) is 17.0 Å². The molecule has 2 aromatic carbocycles. The molecule has 0 spiro atoms. The highest BCUT2D eigenvalue weighted by atomic mass is 32.2. The van der Waals surface area contributed by atoms with Crippen LogP contribution in [0.25, 0.3) is 0 Å². The van der Waals surface area contributed by atoms with Crippen molar-refractivity contribution in [1.82, 2.24) is 15.5 Å². The Hall–Kier alpha value is -3.94. The van der Waals surface area contributed by atoms with Gasteiger partial charge in [0.25, 0.3) is 5.91 Å². The summed E-state index contributed by atoms with van der Waals surface area (Å²) in [6.45, 7) is 3.78. The lowest BCUT2D eigenvalue weighted by Crippen LogP contribution is -2.31. The number of rotatable bonds is 8.